The smallest absolute Gasteiger partial charge is 0.310 e. The first-order chi connectivity index (χ1) is 25.9. The number of hydrogen-bond donors (Lipinski definition) is 0. The van der Waals surface area contributed by atoms with Gasteiger partial charge in [-0.05, 0) is 87.6 Å². The van der Waals surface area contributed by atoms with Crippen LogP contribution in [0.5, 0.6) is 40.2 Å². The van der Waals surface area contributed by atoms with Crippen LogP contribution in [0.4, 0.5) is 0 Å². The van der Waals surface area contributed by atoms with Crippen LogP contribution in [0.2, 0.25) is 0 Å². The predicted molar refractivity (Wildman–Crippen MR) is 192 cm³/mol. The summed E-state index contributed by atoms with van der Waals surface area (Å²) in [6.45, 7) is 0.335. The fraction of sp³-hybridized carbons (Fsp3) is 0.282. The second-order valence-electron chi connectivity index (χ2n) is 12.6. The minimum Gasteiger partial charge on any atom is -0.493 e. The molecule has 1 saturated heterocycles. The molecule has 0 bridgehead atoms. The number of ketones is 1. The van der Waals surface area contributed by atoms with Crippen molar-refractivity contribution in [2.45, 2.75) is 18.6 Å². The van der Waals surface area contributed by atoms with E-state index in [0.29, 0.717) is 51.5 Å². The van der Waals surface area contributed by atoms with Crippen LogP contribution in [0.1, 0.15) is 50.3 Å². The Bertz CT molecular complexity index is 2190. The average molecular weight is 738 g/mol. The Morgan fingerprint density at radius 1 is 0.906 bits per heavy atom. The lowest BCUT2D eigenvalue weighted by Crippen LogP contribution is -2.37. The molecule has 4 atom stereocenters. The van der Waals surface area contributed by atoms with Crippen LogP contribution >= 0.6 is 11.3 Å². The van der Waals surface area contributed by atoms with Gasteiger partial charge < -0.3 is 37.9 Å². The van der Waals surface area contributed by atoms with Crippen LogP contribution in [0.15, 0.2) is 71.6 Å². The maximum Gasteiger partial charge on any atom is 0.310 e. The van der Waals surface area contributed by atoms with Crippen LogP contribution in [0, 0.1) is 11.8 Å². The monoisotopic (exact) mass is 737 g/mol. The molecule has 5 aromatic rings. The van der Waals surface area contributed by atoms with E-state index in [-0.39, 0.29) is 37.7 Å². The van der Waals surface area contributed by atoms with Gasteiger partial charge in [0.05, 0.1) is 53.2 Å². The van der Waals surface area contributed by atoms with Gasteiger partial charge in [-0.2, -0.15) is 11.3 Å². The molecule has 0 unspecified atom stereocenters. The fourth-order valence-electron chi connectivity index (χ4n) is 7.40. The van der Waals surface area contributed by atoms with Gasteiger partial charge in [-0.25, -0.2) is 4.68 Å². The number of hydrogen-bond acceptors (Lipinski definition) is 13. The van der Waals surface area contributed by atoms with E-state index in [9.17, 15) is 9.59 Å². The summed E-state index contributed by atoms with van der Waals surface area (Å²) in [7, 11) is 6.18. The lowest BCUT2D eigenvalue weighted by atomic mass is 9.65. The van der Waals surface area contributed by atoms with Gasteiger partial charge in [-0.1, -0.05) is 11.3 Å². The third-order valence-electron chi connectivity index (χ3n) is 9.83. The van der Waals surface area contributed by atoms with Crippen LogP contribution in [0.25, 0.3) is 6.08 Å². The van der Waals surface area contributed by atoms with Crippen molar-refractivity contribution < 1.29 is 47.5 Å². The molecule has 0 amide bonds. The Hall–Kier alpha value is -6.02. The fourth-order valence-corrected chi connectivity index (χ4v) is 8.03. The molecule has 2 aliphatic heterocycles. The molecule has 1 fully saturated rings. The largest absolute Gasteiger partial charge is 0.493 e. The summed E-state index contributed by atoms with van der Waals surface area (Å²) in [6.07, 6.45) is 5.12. The molecule has 1 aliphatic carbocycles. The number of esters is 1. The van der Waals surface area contributed by atoms with Crippen LogP contribution in [-0.2, 0) is 16.1 Å². The number of rotatable bonds is 12. The zero-order valence-corrected chi connectivity index (χ0v) is 30.1. The summed E-state index contributed by atoms with van der Waals surface area (Å²) in [5.74, 6) is 1.62. The van der Waals surface area contributed by atoms with Gasteiger partial charge in [0, 0.05) is 17.4 Å². The summed E-state index contributed by atoms with van der Waals surface area (Å²) in [5.41, 5.74) is 4.51. The lowest BCUT2D eigenvalue weighted by Gasteiger charge is -2.39. The number of carbonyl (C=O) groups excluding carboxylic acids is 2. The SMILES string of the molecule is COc1cc(C(=O)/C=C/c2ccsc2)ccc1OCc1cn([C@H]2c3cc4c(cc3[C@@H](c3cc(OC)c(OC)c(OC)c3)[C@H]3C(=O)OC[C@@H]32)OCO4)nn1. The van der Waals surface area contributed by atoms with Crippen LogP contribution < -0.4 is 33.2 Å². The van der Waals surface area contributed by atoms with E-state index in [2.05, 4.69) is 10.3 Å². The zero-order valence-electron chi connectivity index (χ0n) is 29.3. The van der Waals surface area contributed by atoms with Crippen molar-refractivity contribution >= 4 is 29.2 Å². The van der Waals surface area contributed by atoms with E-state index in [1.165, 1.54) is 13.2 Å². The molecule has 53 heavy (non-hydrogen) atoms. The molecular formula is C39H35N3O10S. The Morgan fingerprint density at radius 2 is 1.66 bits per heavy atom. The molecule has 0 radical (unpaired) electrons. The summed E-state index contributed by atoms with van der Waals surface area (Å²) in [4.78, 5) is 26.5. The van der Waals surface area contributed by atoms with E-state index in [1.807, 2.05) is 41.1 Å². The molecular weight excluding hydrogens is 703 g/mol. The first-order valence-corrected chi connectivity index (χ1v) is 17.7. The second-order valence-corrected chi connectivity index (χ2v) is 13.4. The molecule has 13 nitrogen and oxygen atoms in total. The van der Waals surface area contributed by atoms with E-state index in [0.717, 1.165) is 22.3 Å². The average Bonchev–Trinajstić information content (AvgIpc) is 4.03. The number of benzene rings is 3. The number of carbonyl (C=O) groups is 2. The highest BCUT2D eigenvalue weighted by Gasteiger charge is 2.53. The van der Waals surface area contributed by atoms with Gasteiger partial charge >= 0.3 is 5.97 Å². The van der Waals surface area contributed by atoms with Crippen molar-refractivity contribution in [2.75, 3.05) is 41.8 Å². The van der Waals surface area contributed by atoms with Crippen LogP contribution in [-0.4, -0.2) is 68.6 Å². The number of nitrogens with zero attached hydrogens (tertiary/aromatic N) is 3. The minimum absolute atomic E-state index is 0.0695. The minimum atomic E-state index is -0.579. The topological polar surface area (TPSA) is 139 Å². The number of thiophene rings is 1. The van der Waals surface area contributed by atoms with Crippen molar-refractivity contribution in [3.63, 3.8) is 0 Å². The molecule has 3 aliphatic rings. The molecule has 8 rings (SSSR count). The van der Waals surface area contributed by atoms with Crippen molar-refractivity contribution in [1.82, 2.24) is 15.0 Å². The van der Waals surface area contributed by atoms with Gasteiger partial charge in [0.15, 0.2) is 40.3 Å². The van der Waals surface area contributed by atoms with Crippen molar-refractivity contribution in [3.8, 4) is 40.2 Å². The second kappa shape index (κ2) is 14.2. The lowest BCUT2D eigenvalue weighted by molar-refractivity contribution is -0.141. The van der Waals surface area contributed by atoms with Crippen LogP contribution in [0.3, 0.4) is 0 Å². The van der Waals surface area contributed by atoms with E-state index >= 15 is 0 Å². The third-order valence-corrected chi connectivity index (χ3v) is 10.5. The summed E-state index contributed by atoms with van der Waals surface area (Å²) >= 11 is 1.57. The summed E-state index contributed by atoms with van der Waals surface area (Å²) < 4.78 is 47.8. The number of fused-ring (bicyclic) bond motifs is 3. The van der Waals surface area contributed by atoms with Gasteiger partial charge in [-0.15, -0.1) is 5.10 Å². The number of ether oxygens (including phenoxy) is 8. The predicted octanol–water partition coefficient (Wildman–Crippen LogP) is 6.10. The number of methoxy groups -OCH3 is 4. The molecule has 14 heteroatoms. The van der Waals surface area contributed by atoms with Crippen molar-refractivity contribution in [3.05, 3.63) is 105 Å². The van der Waals surface area contributed by atoms with E-state index in [1.54, 1.807) is 67.8 Å². The Morgan fingerprint density at radius 3 is 2.36 bits per heavy atom. The molecule has 0 N–H and O–H groups in total. The Kier molecular flexibility index (Phi) is 9.12. The highest BCUT2D eigenvalue weighted by molar-refractivity contribution is 7.08. The number of cyclic esters (lactones) is 1. The number of aromatic nitrogens is 3. The maximum absolute atomic E-state index is 13.7. The van der Waals surface area contributed by atoms with Gasteiger partial charge in [0.2, 0.25) is 12.5 Å². The van der Waals surface area contributed by atoms with Crippen molar-refractivity contribution in [1.29, 1.82) is 0 Å². The molecule has 0 spiro atoms. The van der Waals surface area contributed by atoms with Gasteiger partial charge in [0.1, 0.15) is 12.3 Å². The first-order valence-electron chi connectivity index (χ1n) is 16.8. The third kappa shape index (κ3) is 6.18. The molecule has 3 aromatic carbocycles. The number of allylic oxidation sites excluding steroid dienone is 1. The van der Waals surface area contributed by atoms with Crippen molar-refractivity contribution in [2.24, 2.45) is 11.8 Å². The Balaban J connectivity index is 1.10. The standard InChI is InChI=1S/C39H35N3O10S/c1-45-30-11-22(28(43)7-5-21-9-10-53-19-21)6-8-29(30)49-17-24-16-42(41-40-24)37-26-15-32-31(51-20-52-32)14-25(26)35(36-27(37)18-50-39(36)44)23-12-33(46-2)38(48-4)34(13-23)47-3/h5-16,19,27,35-37H,17-18,20H2,1-4H3/b7-5+/t27-,35+,36-,37-/m0/s1. The van der Waals surface area contributed by atoms with Gasteiger partial charge in [-0.3, -0.25) is 9.59 Å². The summed E-state index contributed by atoms with van der Waals surface area (Å²) in [5, 5.41) is 12.9. The zero-order chi connectivity index (χ0) is 36.6. The quantitative estimate of drug-likeness (QED) is 0.0831. The summed E-state index contributed by atoms with van der Waals surface area (Å²) in [6, 6.07) is 14.2. The molecule has 0 saturated carbocycles. The molecule has 4 heterocycles. The van der Waals surface area contributed by atoms with Gasteiger partial charge in [0.25, 0.3) is 0 Å². The van der Waals surface area contributed by atoms with E-state index in [4.69, 9.17) is 37.9 Å². The highest BCUT2D eigenvalue weighted by Crippen LogP contribution is 2.56. The Labute approximate surface area is 308 Å². The highest BCUT2D eigenvalue weighted by atomic mass is 32.1. The molecule has 272 valence electrons. The normalized spacial score (nSPS) is 19.7. The van der Waals surface area contributed by atoms with E-state index < -0.39 is 17.9 Å². The molecule has 2 aromatic heterocycles. The first kappa shape index (κ1) is 34.1. The maximum atomic E-state index is 13.7.